The van der Waals surface area contributed by atoms with Gasteiger partial charge in [-0.05, 0) is 67.5 Å². The first-order valence-electron chi connectivity index (χ1n) is 13.5. The zero-order valence-corrected chi connectivity index (χ0v) is 22.6. The van der Waals surface area contributed by atoms with E-state index in [0.717, 1.165) is 55.7 Å². The molecule has 3 heterocycles. The van der Waals surface area contributed by atoms with Gasteiger partial charge in [-0.15, -0.1) is 0 Å². The average molecular weight is 555 g/mol. The van der Waals surface area contributed by atoms with Gasteiger partial charge in [0.05, 0.1) is 47.9 Å². The van der Waals surface area contributed by atoms with Gasteiger partial charge in [-0.2, -0.15) is 0 Å². The lowest BCUT2D eigenvalue weighted by molar-refractivity contribution is 0.102. The van der Waals surface area contributed by atoms with Crippen LogP contribution < -0.4 is 19.8 Å². The fraction of sp³-hybridized carbons (Fsp3) is 0.464. The van der Waals surface area contributed by atoms with Crippen molar-refractivity contribution in [3.05, 3.63) is 48.2 Å². The first-order valence-corrected chi connectivity index (χ1v) is 15.0. The second-order valence-corrected chi connectivity index (χ2v) is 12.4. The highest BCUT2D eigenvalue weighted by atomic mass is 32.2. The molecule has 3 N–H and O–H groups in total. The van der Waals surface area contributed by atoms with Gasteiger partial charge in [-0.1, -0.05) is 0 Å². The van der Waals surface area contributed by atoms with E-state index in [2.05, 4.69) is 19.8 Å². The van der Waals surface area contributed by atoms with Gasteiger partial charge in [-0.25, -0.2) is 13.1 Å². The van der Waals surface area contributed by atoms with E-state index in [0.29, 0.717) is 35.6 Å². The molecule has 1 spiro atoms. The second kappa shape index (κ2) is 10.5. The molecule has 39 heavy (non-hydrogen) atoms. The van der Waals surface area contributed by atoms with E-state index in [1.807, 2.05) is 18.2 Å². The molecule has 11 heteroatoms. The Bertz CT molecular complexity index is 1470. The molecule has 0 atom stereocenters. The van der Waals surface area contributed by atoms with Crippen molar-refractivity contribution in [1.29, 1.82) is 0 Å². The van der Waals surface area contributed by atoms with Crippen molar-refractivity contribution in [1.82, 2.24) is 4.72 Å². The lowest BCUT2D eigenvalue weighted by Gasteiger charge is -2.35. The number of piperidine rings is 1. The summed E-state index contributed by atoms with van der Waals surface area (Å²) in [4.78, 5) is 18.1. The summed E-state index contributed by atoms with van der Waals surface area (Å²) in [6.07, 6.45) is 6.21. The van der Waals surface area contributed by atoms with E-state index in [1.54, 1.807) is 18.4 Å². The third kappa shape index (κ3) is 5.36. The molecule has 1 amide bonds. The number of anilines is 3. The number of furan rings is 1. The topological polar surface area (TPSA) is 124 Å². The van der Waals surface area contributed by atoms with Crippen LogP contribution in [0.4, 0.5) is 17.1 Å². The number of aliphatic hydroxyl groups is 1. The number of aliphatic hydroxyl groups excluding tert-OH is 1. The molecule has 2 saturated heterocycles. The van der Waals surface area contributed by atoms with E-state index in [4.69, 9.17) is 14.3 Å². The van der Waals surface area contributed by atoms with Gasteiger partial charge in [0.2, 0.25) is 10.0 Å². The minimum Gasteiger partial charge on any atom is -0.462 e. The number of carbonyl (C=O) groups excluding carboxylic acids is 1. The number of hydrogen-bond acceptors (Lipinski definition) is 8. The summed E-state index contributed by atoms with van der Waals surface area (Å²) in [6, 6.07) is 10.3. The molecule has 6 rings (SSSR count). The van der Waals surface area contributed by atoms with Crippen LogP contribution in [-0.4, -0.2) is 72.0 Å². The molecule has 2 aliphatic heterocycles. The maximum Gasteiger partial charge on any atom is 0.257 e. The number of hydrogen-bond donors (Lipinski definition) is 3. The standard InChI is InChI=1S/C28H34N4O6S/c33-13-8-29-39(35,36)22-1-2-23(24(19-22)31-9-6-28(4-5-28)7-10-31)27(34)30-21-17-20-3-14-38-26(20)25(18-21)32-11-15-37-16-12-32/h1-3,14,17-19,29,33H,4-13,15-16H2,(H,30,34). The molecule has 3 aliphatic rings. The molecule has 0 radical (unpaired) electrons. The van der Waals surface area contributed by atoms with Crippen LogP contribution in [0.5, 0.6) is 0 Å². The molecule has 1 aliphatic carbocycles. The van der Waals surface area contributed by atoms with E-state index in [9.17, 15) is 13.2 Å². The Morgan fingerprint density at radius 1 is 0.949 bits per heavy atom. The van der Waals surface area contributed by atoms with E-state index < -0.39 is 10.0 Å². The number of nitrogens with zero attached hydrogens (tertiary/aromatic N) is 2. The van der Waals surface area contributed by atoms with E-state index >= 15 is 0 Å². The number of amides is 1. The minimum absolute atomic E-state index is 0.0728. The van der Waals surface area contributed by atoms with Crippen LogP contribution in [0.3, 0.4) is 0 Å². The monoisotopic (exact) mass is 554 g/mol. The van der Waals surface area contributed by atoms with Crippen LogP contribution in [0.2, 0.25) is 0 Å². The molecule has 1 saturated carbocycles. The Morgan fingerprint density at radius 3 is 2.41 bits per heavy atom. The zero-order valence-electron chi connectivity index (χ0n) is 21.8. The highest BCUT2D eigenvalue weighted by Gasteiger charge is 2.44. The summed E-state index contributed by atoms with van der Waals surface area (Å²) in [5.41, 5.74) is 3.76. The number of nitrogens with one attached hydrogen (secondary N) is 2. The quantitative estimate of drug-likeness (QED) is 0.388. The maximum atomic E-state index is 13.7. The fourth-order valence-electron chi connectivity index (χ4n) is 5.67. The summed E-state index contributed by atoms with van der Waals surface area (Å²) >= 11 is 0. The number of rotatable bonds is 8. The van der Waals surface area contributed by atoms with Crippen molar-refractivity contribution < 1.29 is 27.5 Å². The van der Waals surface area contributed by atoms with Crippen LogP contribution in [-0.2, 0) is 14.8 Å². The third-order valence-electron chi connectivity index (χ3n) is 8.19. The van der Waals surface area contributed by atoms with Crippen LogP contribution >= 0.6 is 0 Å². The van der Waals surface area contributed by atoms with Crippen LogP contribution in [0.1, 0.15) is 36.0 Å². The molecule has 1 aromatic heterocycles. The normalized spacial score (nSPS) is 19.0. The lowest BCUT2D eigenvalue weighted by atomic mass is 9.93. The first-order chi connectivity index (χ1) is 18.9. The summed E-state index contributed by atoms with van der Waals surface area (Å²) in [5, 5.41) is 13.0. The van der Waals surface area contributed by atoms with Crippen molar-refractivity contribution >= 4 is 44.0 Å². The van der Waals surface area contributed by atoms with Gasteiger partial charge < -0.3 is 29.4 Å². The predicted molar refractivity (Wildman–Crippen MR) is 149 cm³/mol. The lowest BCUT2D eigenvalue weighted by Crippen LogP contribution is -2.36. The van der Waals surface area contributed by atoms with Gasteiger partial charge in [0, 0.05) is 43.8 Å². The maximum absolute atomic E-state index is 13.7. The number of benzene rings is 2. The van der Waals surface area contributed by atoms with Crippen LogP contribution in [0.15, 0.2) is 52.0 Å². The number of fused-ring (bicyclic) bond motifs is 1. The highest BCUT2D eigenvalue weighted by molar-refractivity contribution is 7.89. The zero-order chi connectivity index (χ0) is 27.0. The second-order valence-electron chi connectivity index (χ2n) is 10.7. The molecule has 0 unspecified atom stereocenters. The number of ether oxygens (including phenoxy) is 1. The Balaban J connectivity index is 1.32. The molecular weight excluding hydrogens is 520 g/mol. The Kier molecular flexibility index (Phi) is 7.00. The first kappa shape index (κ1) is 26.1. The largest absolute Gasteiger partial charge is 0.462 e. The van der Waals surface area contributed by atoms with E-state index in [-0.39, 0.29) is 24.0 Å². The fourth-order valence-corrected chi connectivity index (χ4v) is 6.71. The Hall–Kier alpha value is -3.12. The summed E-state index contributed by atoms with van der Waals surface area (Å²) in [7, 11) is -3.83. The van der Waals surface area contributed by atoms with Gasteiger partial charge in [0.1, 0.15) is 0 Å². The number of sulfonamides is 1. The third-order valence-corrected chi connectivity index (χ3v) is 9.65. The number of morpholine rings is 1. The Morgan fingerprint density at radius 2 is 1.69 bits per heavy atom. The van der Waals surface area contributed by atoms with Crippen molar-refractivity contribution in [2.24, 2.45) is 5.41 Å². The minimum atomic E-state index is -3.83. The predicted octanol–water partition coefficient (Wildman–Crippen LogP) is 3.17. The summed E-state index contributed by atoms with van der Waals surface area (Å²) < 4.78 is 39.3. The van der Waals surface area contributed by atoms with Gasteiger partial charge in [0.15, 0.2) is 5.58 Å². The molecule has 3 fully saturated rings. The molecule has 3 aromatic rings. The van der Waals surface area contributed by atoms with Gasteiger partial charge in [-0.3, -0.25) is 4.79 Å². The highest BCUT2D eigenvalue weighted by Crippen LogP contribution is 2.54. The smallest absolute Gasteiger partial charge is 0.257 e. The molecule has 0 bridgehead atoms. The molecular formula is C28H34N4O6S. The van der Waals surface area contributed by atoms with Crippen LogP contribution in [0.25, 0.3) is 11.0 Å². The molecule has 10 nitrogen and oxygen atoms in total. The van der Waals surface area contributed by atoms with E-state index in [1.165, 1.54) is 18.9 Å². The number of carbonyl (C=O) groups is 1. The Labute approximate surface area is 228 Å². The van der Waals surface area contributed by atoms with Crippen molar-refractivity contribution in [2.75, 3.05) is 67.7 Å². The summed E-state index contributed by atoms with van der Waals surface area (Å²) in [5.74, 6) is -0.306. The average Bonchev–Trinajstić information content (AvgIpc) is 3.53. The van der Waals surface area contributed by atoms with Crippen molar-refractivity contribution in [2.45, 2.75) is 30.6 Å². The van der Waals surface area contributed by atoms with Crippen molar-refractivity contribution in [3.63, 3.8) is 0 Å². The van der Waals surface area contributed by atoms with Crippen molar-refractivity contribution in [3.8, 4) is 0 Å². The van der Waals surface area contributed by atoms with Crippen LogP contribution in [0, 0.1) is 5.41 Å². The van der Waals surface area contributed by atoms with Gasteiger partial charge in [0.25, 0.3) is 5.91 Å². The molecule has 2 aromatic carbocycles. The van der Waals surface area contributed by atoms with Gasteiger partial charge >= 0.3 is 0 Å². The summed E-state index contributed by atoms with van der Waals surface area (Å²) in [6.45, 7) is 3.89. The SMILES string of the molecule is O=C(Nc1cc(N2CCOCC2)c2occc2c1)c1ccc(S(=O)(=O)NCCO)cc1N1CCC2(CC1)CC2. The molecule has 208 valence electrons.